The van der Waals surface area contributed by atoms with E-state index < -0.39 is 11.7 Å². The largest absolute Gasteiger partial charge is 0.416 e. The molecule has 112 valence electrons. The number of aromatic nitrogens is 2. The van der Waals surface area contributed by atoms with Crippen LogP contribution >= 0.6 is 27.5 Å². The lowest BCUT2D eigenvalue weighted by Crippen LogP contribution is -2.05. The number of alkyl halides is 3. The Bertz CT molecular complexity index is 655. The van der Waals surface area contributed by atoms with Crippen LogP contribution in [0.5, 0.6) is 0 Å². The van der Waals surface area contributed by atoms with Crippen molar-refractivity contribution < 1.29 is 13.2 Å². The van der Waals surface area contributed by atoms with E-state index in [1.807, 2.05) is 13.8 Å². The second kappa shape index (κ2) is 5.93. The standard InChI is InChI=1S/C14H11BrClF3N2/c1-7(2)11-10(15)12(16)21-13(20-11)8-3-5-9(6-4-8)14(17,18)19/h3-7H,1-2H3. The molecule has 0 unspecified atom stereocenters. The van der Waals surface area contributed by atoms with Crippen LogP contribution in [-0.2, 0) is 6.18 Å². The predicted molar refractivity (Wildman–Crippen MR) is 79.3 cm³/mol. The molecule has 0 saturated carbocycles. The highest BCUT2D eigenvalue weighted by atomic mass is 79.9. The van der Waals surface area contributed by atoms with Crippen molar-refractivity contribution in [2.24, 2.45) is 0 Å². The van der Waals surface area contributed by atoms with Gasteiger partial charge in [0, 0.05) is 5.56 Å². The molecule has 2 nitrogen and oxygen atoms in total. The summed E-state index contributed by atoms with van der Waals surface area (Å²) in [6.07, 6.45) is -4.36. The first-order chi connectivity index (χ1) is 9.70. The molecule has 0 aliphatic heterocycles. The maximum absolute atomic E-state index is 12.6. The Morgan fingerprint density at radius 1 is 1.10 bits per heavy atom. The molecule has 0 bridgehead atoms. The van der Waals surface area contributed by atoms with Crippen LogP contribution in [0.2, 0.25) is 5.15 Å². The van der Waals surface area contributed by atoms with Gasteiger partial charge in [0.2, 0.25) is 0 Å². The first-order valence-corrected chi connectivity index (χ1v) is 7.28. The maximum atomic E-state index is 12.6. The lowest BCUT2D eigenvalue weighted by molar-refractivity contribution is -0.137. The number of halogens is 5. The molecule has 1 heterocycles. The minimum absolute atomic E-state index is 0.105. The second-order valence-electron chi connectivity index (χ2n) is 4.77. The van der Waals surface area contributed by atoms with Gasteiger partial charge in [-0.15, -0.1) is 0 Å². The molecular weight excluding hydrogens is 369 g/mol. The summed E-state index contributed by atoms with van der Waals surface area (Å²) >= 11 is 9.36. The molecule has 2 rings (SSSR count). The number of benzene rings is 1. The molecule has 0 N–H and O–H groups in total. The fraction of sp³-hybridized carbons (Fsp3) is 0.286. The zero-order valence-electron chi connectivity index (χ0n) is 11.2. The van der Waals surface area contributed by atoms with Gasteiger partial charge in [0.25, 0.3) is 0 Å². The molecule has 1 aromatic carbocycles. The van der Waals surface area contributed by atoms with Crippen molar-refractivity contribution in [3.05, 3.63) is 45.1 Å². The third-order valence-electron chi connectivity index (χ3n) is 2.85. The van der Waals surface area contributed by atoms with Crippen molar-refractivity contribution in [3.63, 3.8) is 0 Å². The molecule has 0 atom stereocenters. The lowest BCUT2D eigenvalue weighted by Gasteiger charge is -2.11. The van der Waals surface area contributed by atoms with E-state index >= 15 is 0 Å². The van der Waals surface area contributed by atoms with Crippen LogP contribution in [0.4, 0.5) is 13.2 Å². The van der Waals surface area contributed by atoms with Gasteiger partial charge < -0.3 is 0 Å². The highest BCUT2D eigenvalue weighted by Gasteiger charge is 2.30. The normalized spacial score (nSPS) is 12.0. The van der Waals surface area contributed by atoms with Gasteiger partial charge in [-0.3, -0.25) is 0 Å². The molecule has 1 aromatic heterocycles. The lowest BCUT2D eigenvalue weighted by atomic mass is 10.1. The quantitative estimate of drug-likeness (QED) is 0.625. The van der Waals surface area contributed by atoms with Gasteiger partial charge in [0.15, 0.2) is 5.82 Å². The molecule has 0 spiro atoms. The Balaban J connectivity index is 2.47. The van der Waals surface area contributed by atoms with Gasteiger partial charge in [0.1, 0.15) is 5.15 Å². The molecule has 21 heavy (non-hydrogen) atoms. The maximum Gasteiger partial charge on any atom is 0.416 e. The van der Waals surface area contributed by atoms with Gasteiger partial charge in [-0.2, -0.15) is 13.2 Å². The van der Waals surface area contributed by atoms with E-state index in [9.17, 15) is 13.2 Å². The Hall–Kier alpha value is -1.14. The van der Waals surface area contributed by atoms with Crippen LogP contribution in [-0.4, -0.2) is 9.97 Å². The van der Waals surface area contributed by atoms with Crippen molar-refractivity contribution in [2.45, 2.75) is 25.9 Å². The number of nitrogens with zero attached hydrogens (tertiary/aromatic N) is 2. The minimum atomic E-state index is -4.36. The average Bonchev–Trinajstić information content (AvgIpc) is 2.40. The minimum Gasteiger partial charge on any atom is -0.232 e. The van der Waals surface area contributed by atoms with Crippen LogP contribution in [0, 0.1) is 0 Å². The van der Waals surface area contributed by atoms with Crippen LogP contribution in [0.25, 0.3) is 11.4 Å². The number of rotatable bonds is 2. The van der Waals surface area contributed by atoms with E-state index in [0.29, 0.717) is 21.6 Å². The van der Waals surface area contributed by atoms with E-state index in [1.165, 1.54) is 12.1 Å². The van der Waals surface area contributed by atoms with Crippen molar-refractivity contribution in [1.29, 1.82) is 0 Å². The van der Waals surface area contributed by atoms with Gasteiger partial charge in [-0.1, -0.05) is 37.6 Å². The van der Waals surface area contributed by atoms with E-state index in [-0.39, 0.29) is 11.1 Å². The highest BCUT2D eigenvalue weighted by Crippen LogP contribution is 2.33. The Kier molecular flexibility index (Phi) is 4.58. The zero-order valence-corrected chi connectivity index (χ0v) is 13.5. The fourth-order valence-corrected chi connectivity index (χ4v) is 2.57. The summed E-state index contributed by atoms with van der Waals surface area (Å²) in [5.74, 6) is 0.411. The molecule has 0 amide bonds. The Morgan fingerprint density at radius 2 is 1.67 bits per heavy atom. The summed E-state index contributed by atoms with van der Waals surface area (Å²) in [6.45, 7) is 3.89. The molecule has 0 fully saturated rings. The smallest absolute Gasteiger partial charge is 0.232 e. The van der Waals surface area contributed by atoms with Crippen LogP contribution in [0.3, 0.4) is 0 Å². The second-order valence-corrected chi connectivity index (χ2v) is 5.92. The van der Waals surface area contributed by atoms with Crippen molar-refractivity contribution in [3.8, 4) is 11.4 Å². The van der Waals surface area contributed by atoms with Gasteiger partial charge in [-0.05, 0) is 34.0 Å². The topological polar surface area (TPSA) is 25.8 Å². The summed E-state index contributed by atoms with van der Waals surface area (Å²) in [6, 6.07) is 4.69. The molecule has 0 saturated heterocycles. The van der Waals surface area contributed by atoms with Crippen molar-refractivity contribution in [1.82, 2.24) is 9.97 Å². The van der Waals surface area contributed by atoms with E-state index in [1.54, 1.807) is 0 Å². The van der Waals surface area contributed by atoms with E-state index in [0.717, 1.165) is 12.1 Å². The fourth-order valence-electron chi connectivity index (χ4n) is 1.76. The number of hydrogen-bond acceptors (Lipinski definition) is 2. The first kappa shape index (κ1) is 16.2. The SMILES string of the molecule is CC(C)c1nc(-c2ccc(C(F)(F)F)cc2)nc(Cl)c1Br. The summed E-state index contributed by atoms with van der Waals surface area (Å²) in [4.78, 5) is 8.48. The van der Waals surface area contributed by atoms with Gasteiger partial charge in [-0.25, -0.2) is 9.97 Å². The Labute approximate surface area is 133 Å². The number of hydrogen-bond donors (Lipinski definition) is 0. The summed E-state index contributed by atoms with van der Waals surface area (Å²) in [7, 11) is 0. The molecule has 7 heteroatoms. The van der Waals surface area contributed by atoms with Crippen molar-refractivity contribution in [2.75, 3.05) is 0 Å². The van der Waals surface area contributed by atoms with Crippen LogP contribution < -0.4 is 0 Å². The predicted octanol–water partition coefficient (Wildman–Crippen LogP) is 5.70. The summed E-state index contributed by atoms with van der Waals surface area (Å²) in [5, 5.41) is 0.239. The average molecular weight is 380 g/mol. The van der Waals surface area contributed by atoms with Crippen molar-refractivity contribution >= 4 is 27.5 Å². The first-order valence-electron chi connectivity index (χ1n) is 6.10. The zero-order chi connectivity index (χ0) is 15.8. The molecule has 0 radical (unpaired) electrons. The Morgan fingerprint density at radius 3 is 2.14 bits per heavy atom. The van der Waals surface area contributed by atoms with Gasteiger partial charge in [0.05, 0.1) is 15.7 Å². The van der Waals surface area contributed by atoms with Crippen LogP contribution in [0.15, 0.2) is 28.7 Å². The molecule has 0 aliphatic rings. The monoisotopic (exact) mass is 378 g/mol. The third kappa shape index (κ3) is 3.55. The van der Waals surface area contributed by atoms with E-state index in [4.69, 9.17) is 11.6 Å². The molecule has 2 aromatic rings. The van der Waals surface area contributed by atoms with Crippen LogP contribution in [0.1, 0.15) is 31.0 Å². The third-order valence-corrected chi connectivity index (χ3v) is 4.14. The highest BCUT2D eigenvalue weighted by molar-refractivity contribution is 9.10. The summed E-state index contributed by atoms with van der Waals surface area (Å²) in [5.41, 5.74) is 0.489. The van der Waals surface area contributed by atoms with Gasteiger partial charge >= 0.3 is 6.18 Å². The van der Waals surface area contributed by atoms with E-state index in [2.05, 4.69) is 25.9 Å². The molecular formula is C14H11BrClF3N2. The summed E-state index contributed by atoms with van der Waals surface area (Å²) < 4.78 is 38.3. The molecule has 0 aliphatic carbocycles.